The minimum absolute atomic E-state index is 0.0422. The molecule has 7 heteroatoms. The first kappa shape index (κ1) is 18.0. The molecule has 2 amide bonds. The van der Waals surface area contributed by atoms with E-state index in [1.165, 1.54) is 9.60 Å². The van der Waals surface area contributed by atoms with Crippen LogP contribution in [0.25, 0.3) is 10.1 Å². The summed E-state index contributed by atoms with van der Waals surface area (Å²) in [6.07, 6.45) is 2.56. The molecule has 2 fully saturated rings. The maximum Gasteiger partial charge on any atom is 0.231 e. The number of amides is 2. The van der Waals surface area contributed by atoms with E-state index in [4.69, 9.17) is 5.41 Å². The number of rotatable bonds is 5. The quantitative estimate of drug-likeness (QED) is 0.832. The number of nitrogens with one attached hydrogen (secondary N) is 2. The standard InChI is InChI=1S/C20H24N4O2S/c1-20(15-5-6-16-14(12-15)7-11-27-16)13-18(26)24(19(21)22-20)10-3-9-23-8-2-4-17(23)25/h5-7,11-12H,2-4,8-10,13H2,1H3,(H2,21,22)/t20-/m0/s1. The van der Waals surface area contributed by atoms with E-state index >= 15 is 0 Å². The van der Waals surface area contributed by atoms with Crippen LogP contribution in [0.15, 0.2) is 29.6 Å². The first-order valence-corrected chi connectivity index (χ1v) is 10.3. The molecule has 1 aromatic carbocycles. The van der Waals surface area contributed by atoms with Gasteiger partial charge in [0.15, 0.2) is 5.96 Å². The second-order valence-corrected chi connectivity index (χ2v) is 8.49. The molecule has 4 rings (SSSR count). The normalized spacial score (nSPS) is 23.4. The van der Waals surface area contributed by atoms with Crippen molar-refractivity contribution < 1.29 is 9.59 Å². The van der Waals surface area contributed by atoms with Gasteiger partial charge in [-0.25, -0.2) is 0 Å². The van der Waals surface area contributed by atoms with Gasteiger partial charge in [0.05, 0.1) is 12.0 Å². The van der Waals surface area contributed by atoms with E-state index in [9.17, 15) is 9.59 Å². The molecule has 0 spiro atoms. The van der Waals surface area contributed by atoms with Crippen molar-refractivity contribution in [2.24, 2.45) is 0 Å². The second kappa shape index (κ2) is 6.96. The predicted molar refractivity (Wildman–Crippen MR) is 107 cm³/mol. The third-order valence-electron chi connectivity index (χ3n) is 5.54. The highest BCUT2D eigenvalue weighted by Gasteiger charge is 2.39. The smallest absolute Gasteiger partial charge is 0.231 e. The zero-order valence-electron chi connectivity index (χ0n) is 15.5. The lowest BCUT2D eigenvalue weighted by Crippen LogP contribution is -2.59. The van der Waals surface area contributed by atoms with Crippen LogP contribution in [0.1, 0.15) is 38.2 Å². The molecule has 2 aliphatic heterocycles. The molecule has 0 aliphatic carbocycles. The number of nitrogens with zero attached hydrogens (tertiary/aromatic N) is 2. The van der Waals surface area contributed by atoms with Crippen LogP contribution in [0.3, 0.4) is 0 Å². The largest absolute Gasteiger partial charge is 0.346 e. The monoisotopic (exact) mass is 384 g/mol. The van der Waals surface area contributed by atoms with Crippen LogP contribution >= 0.6 is 11.3 Å². The molecule has 142 valence electrons. The molecular weight excluding hydrogens is 360 g/mol. The molecule has 0 unspecified atom stereocenters. The first-order chi connectivity index (χ1) is 13.0. The molecule has 27 heavy (non-hydrogen) atoms. The van der Waals surface area contributed by atoms with Crippen molar-refractivity contribution in [1.29, 1.82) is 5.41 Å². The Balaban J connectivity index is 1.42. The average Bonchev–Trinajstić information content (AvgIpc) is 3.25. The molecule has 1 atom stereocenters. The molecule has 0 bridgehead atoms. The fourth-order valence-electron chi connectivity index (χ4n) is 3.98. The number of hydrogen-bond donors (Lipinski definition) is 2. The molecular formula is C20H24N4O2S. The fourth-order valence-corrected chi connectivity index (χ4v) is 4.75. The number of thiophene rings is 1. The van der Waals surface area contributed by atoms with Crippen LogP contribution in [0.2, 0.25) is 0 Å². The van der Waals surface area contributed by atoms with E-state index in [2.05, 4.69) is 28.9 Å². The van der Waals surface area contributed by atoms with Gasteiger partial charge < -0.3 is 10.2 Å². The highest BCUT2D eigenvalue weighted by atomic mass is 32.1. The maximum atomic E-state index is 12.8. The summed E-state index contributed by atoms with van der Waals surface area (Å²) in [5.74, 6) is 0.302. The minimum atomic E-state index is -0.578. The first-order valence-electron chi connectivity index (χ1n) is 9.39. The Labute approximate surface area is 162 Å². The Morgan fingerprint density at radius 3 is 2.81 bits per heavy atom. The van der Waals surface area contributed by atoms with Crippen LogP contribution in [-0.4, -0.2) is 47.2 Å². The maximum absolute atomic E-state index is 12.8. The van der Waals surface area contributed by atoms with Crippen molar-refractivity contribution in [3.05, 3.63) is 35.2 Å². The SMILES string of the molecule is C[C@@]1(c2ccc3sccc3c2)CC(=O)N(CCCN2CCCC2=O)C(=N)N1. The number of benzene rings is 1. The molecule has 0 radical (unpaired) electrons. The zero-order valence-corrected chi connectivity index (χ0v) is 16.3. The van der Waals surface area contributed by atoms with Crippen molar-refractivity contribution in [3.63, 3.8) is 0 Å². The zero-order chi connectivity index (χ0) is 19.0. The van der Waals surface area contributed by atoms with Gasteiger partial charge in [-0.15, -0.1) is 11.3 Å². The third-order valence-corrected chi connectivity index (χ3v) is 6.44. The van der Waals surface area contributed by atoms with Gasteiger partial charge in [0.1, 0.15) is 0 Å². The number of fused-ring (bicyclic) bond motifs is 1. The fraction of sp³-hybridized carbons (Fsp3) is 0.450. The molecule has 3 heterocycles. The second-order valence-electron chi connectivity index (χ2n) is 7.54. The van der Waals surface area contributed by atoms with Crippen LogP contribution in [-0.2, 0) is 15.1 Å². The Bertz CT molecular complexity index is 888. The Kier molecular flexibility index (Phi) is 4.63. The minimum Gasteiger partial charge on any atom is -0.346 e. The Morgan fingerprint density at radius 1 is 1.22 bits per heavy atom. The Hall–Kier alpha value is -2.41. The van der Waals surface area contributed by atoms with Gasteiger partial charge in [-0.2, -0.15) is 0 Å². The summed E-state index contributed by atoms with van der Waals surface area (Å²) < 4.78 is 1.22. The van der Waals surface area contributed by atoms with Gasteiger partial charge in [-0.3, -0.25) is 19.9 Å². The van der Waals surface area contributed by atoms with E-state index < -0.39 is 5.54 Å². The predicted octanol–water partition coefficient (Wildman–Crippen LogP) is 2.89. The lowest BCUT2D eigenvalue weighted by molar-refractivity contribution is -0.130. The number of hydrogen-bond acceptors (Lipinski definition) is 4. The van der Waals surface area contributed by atoms with Crippen molar-refractivity contribution in [1.82, 2.24) is 15.1 Å². The highest BCUT2D eigenvalue weighted by Crippen LogP contribution is 2.32. The number of guanidine groups is 1. The lowest BCUT2D eigenvalue weighted by atomic mass is 9.86. The summed E-state index contributed by atoms with van der Waals surface area (Å²) in [4.78, 5) is 27.8. The number of carbonyl (C=O) groups excluding carboxylic acids is 2. The summed E-state index contributed by atoms with van der Waals surface area (Å²) >= 11 is 1.70. The summed E-state index contributed by atoms with van der Waals surface area (Å²) in [6.45, 7) is 3.91. The number of likely N-dealkylation sites (tertiary alicyclic amines) is 1. The lowest BCUT2D eigenvalue weighted by Gasteiger charge is -2.41. The molecule has 2 aliphatic rings. The molecule has 2 aromatic rings. The summed E-state index contributed by atoms with van der Waals surface area (Å²) in [7, 11) is 0. The summed E-state index contributed by atoms with van der Waals surface area (Å²) in [5.41, 5.74) is 0.444. The van der Waals surface area contributed by atoms with Crippen molar-refractivity contribution in [2.45, 2.75) is 38.1 Å². The van der Waals surface area contributed by atoms with E-state index in [-0.39, 0.29) is 17.8 Å². The van der Waals surface area contributed by atoms with Crippen LogP contribution in [0.4, 0.5) is 0 Å². The van der Waals surface area contributed by atoms with E-state index in [0.717, 1.165) is 23.9 Å². The van der Waals surface area contributed by atoms with Crippen LogP contribution < -0.4 is 5.32 Å². The summed E-state index contributed by atoms with van der Waals surface area (Å²) in [6, 6.07) is 8.31. The third kappa shape index (κ3) is 3.43. The van der Waals surface area contributed by atoms with E-state index in [1.807, 2.05) is 17.9 Å². The van der Waals surface area contributed by atoms with Gasteiger partial charge >= 0.3 is 0 Å². The number of carbonyl (C=O) groups is 2. The van der Waals surface area contributed by atoms with E-state index in [0.29, 0.717) is 32.4 Å². The molecule has 6 nitrogen and oxygen atoms in total. The van der Waals surface area contributed by atoms with Crippen LogP contribution in [0, 0.1) is 5.41 Å². The van der Waals surface area contributed by atoms with Gasteiger partial charge in [-0.05, 0) is 54.3 Å². The Morgan fingerprint density at radius 2 is 2.07 bits per heavy atom. The van der Waals surface area contributed by atoms with Crippen LogP contribution in [0.5, 0.6) is 0 Å². The van der Waals surface area contributed by atoms with Gasteiger partial charge in [0.2, 0.25) is 11.8 Å². The topological polar surface area (TPSA) is 76.5 Å². The van der Waals surface area contributed by atoms with Crippen molar-refractivity contribution in [2.75, 3.05) is 19.6 Å². The van der Waals surface area contributed by atoms with Gasteiger partial charge in [-0.1, -0.05) is 6.07 Å². The van der Waals surface area contributed by atoms with Gasteiger partial charge in [0.25, 0.3) is 0 Å². The highest BCUT2D eigenvalue weighted by molar-refractivity contribution is 7.17. The molecule has 2 N–H and O–H groups in total. The molecule has 2 saturated heterocycles. The average molecular weight is 385 g/mol. The molecule has 0 saturated carbocycles. The molecule has 1 aromatic heterocycles. The van der Waals surface area contributed by atoms with Crippen molar-refractivity contribution in [3.8, 4) is 0 Å². The van der Waals surface area contributed by atoms with Crippen molar-refractivity contribution >= 4 is 39.2 Å². The van der Waals surface area contributed by atoms with Gasteiger partial charge in [0, 0.05) is 30.8 Å². The summed E-state index contributed by atoms with van der Waals surface area (Å²) in [5, 5.41) is 14.8. The van der Waals surface area contributed by atoms with E-state index in [1.54, 1.807) is 11.3 Å².